The van der Waals surface area contributed by atoms with Gasteiger partial charge >= 0.3 is 5.97 Å². The van der Waals surface area contributed by atoms with Crippen LogP contribution in [-0.2, 0) is 9.53 Å². The Labute approximate surface area is 182 Å². The SMILES string of the molecule is CCOC(=O)c1ccc(NC(=O)CSc2nnc(-c3cccc4ccccc34)o2)cc1. The standard InChI is InChI=1S/C23H19N3O4S/c1-2-29-22(28)16-10-12-17(13-11-16)24-20(27)14-31-23-26-25-21(30-23)19-9-5-7-15-6-3-4-8-18(15)19/h3-13H,2,14H2,1H3,(H,24,27). The van der Waals surface area contributed by atoms with E-state index in [4.69, 9.17) is 9.15 Å². The highest BCUT2D eigenvalue weighted by Crippen LogP contribution is 2.29. The number of esters is 1. The minimum atomic E-state index is -0.394. The van der Waals surface area contributed by atoms with Gasteiger partial charge in [-0.25, -0.2) is 4.79 Å². The minimum absolute atomic E-state index is 0.108. The molecule has 4 aromatic rings. The molecule has 8 heteroatoms. The zero-order valence-electron chi connectivity index (χ0n) is 16.7. The quantitative estimate of drug-likeness (QED) is 0.330. The van der Waals surface area contributed by atoms with Gasteiger partial charge in [0.15, 0.2) is 0 Å². The molecule has 1 heterocycles. The third-order valence-corrected chi connectivity index (χ3v) is 5.25. The summed E-state index contributed by atoms with van der Waals surface area (Å²) in [5, 5.41) is 13.4. The predicted molar refractivity (Wildman–Crippen MR) is 119 cm³/mol. The van der Waals surface area contributed by atoms with Crippen LogP contribution in [0.2, 0.25) is 0 Å². The number of anilines is 1. The van der Waals surface area contributed by atoms with Crippen molar-refractivity contribution in [1.29, 1.82) is 0 Å². The zero-order valence-corrected chi connectivity index (χ0v) is 17.5. The summed E-state index contributed by atoms with van der Waals surface area (Å²) in [6, 6.07) is 20.4. The van der Waals surface area contributed by atoms with Crippen LogP contribution in [0.5, 0.6) is 0 Å². The molecular weight excluding hydrogens is 414 g/mol. The number of nitrogens with zero attached hydrogens (tertiary/aromatic N) is 2. The maximum Gasteiger partial charge on any atom is 0.338 e. The van der Waals surface area contributed by atoms with Gasteiger partial charge in [0.05, 0.1) is 17.9 Å². The summed E-state index contributed by atoms with van der Waals surface area (Å²) in [6.07, 6.45) is 0. The van der Waals surface area contributed by atoms with Crippen LogP contribution < -0.4 is 5.32 Å². The van der Waals surface area contributed by atoms with Crippen LogP contribution in [0, 0.1) is 0 Å². The van der Waals surface area contributed by atoms with Crippen molar-refractivity contribution in [3.63, 3.8) is 0 Å². The molecule has 1 aromatic heterocycles. The fraction of sp³-hybridized carbons (Fsp3) is 0.130. The Kier molecular flexibility index (Phi) is 6.28. The maximum atomic E-state index is 12.2. The molecule has 0 aliphatic carbocycles. The zero-order chi connectivity index (χ0) is 21.6. The van der Waals surface area contributed by atoms with Crippen LogP contribution in [0.25, 0.3) is 22.2 Å². The van der Waals surface area contributed by atoms with Gasteiger partial charge in [0.2, 0.25) is 11.8 Å². The summed E-state index contributed by atoms with van der Waals surface area (Å²) >= 11 is 1.16. The first kappa shape index (κ1) is 20.6. The number of fused-ring (bicyclic) bond motifs is 1. The summed E-state index contributed by atoms with van der Waals surface area (Å²) in [6.45, 7) is 2.06. The van der Waals surface area contributed by atoms with Crippen molar-refractivity contribution in [3.8, 4) is 11.5 Å². The average molecular weight is 433 g/mol. The topological polar surface area (TPSA) is 94.3 Å². The summed E-state index contributed by atoms with van der Waals surface area (Å²) in [5.41, 5.74) is 1.87. The van der Waals surface area contributed by atoms with Crippen molar-refractivity contribution in [2.75, 3.05) is 17.7 Å². The van der Waals surface area contributed by atoms with Crippen molar-refractivity contribution in [2.24, 2.45) is 0 Å². The first-order valence-corrected chi connectivity index (χ1v) is 10.6. The molecule has 0 aliphatic heterocycles. The molecule has 0 saturated heterocycles. The molecule has 31 heavy (non-hydrogen) atoms. The summed E-state index contributed by atoms with van der Waals surface area (Å²) in [4.78, 5) is 23.9. The molecular formula is C23H19N3O4S. The second-order valence-electron chi connectivity index (χ2n) is 6.53. The highest BCUT2D eigenvalue weighted by molar-refractivity contribution is 7.99. The van der Waals surface area contributed by atoms with Crippen LogP contribution in [0.4, 0.5) is 5.69 Å². The van der Waals surface area contributed by atoms with E-state index < -0.39 is 5.97 Å². The Hall–Kier alpha value is -3.65. The molecule has 4 rings (SSSR count). The number of hydrogen-bond donors (Lipinski definition) is 1. The summed E-state index contributed by atoms with van der Waals surface area (Å²) in [7, 11) is 0. The number of nitrogens with one attached hydrogen (secondary N) is 1. The van der Waals surface area contributed by atoms with Gasteiger partial charge in [-0.05, 0) is 48.0 Å². The van der Waals surface area contributed by atoms with Gasteiger partial charge in [-0.1, -0.05) is 48.2 Å². The van der Waals surface area contributed by atoms with Crippen LogP contribution in [0.15, 0.2) is 76.4 Å². The number of ether oxygens (including phenoxy) is 1. The molecule has 0 fully saturated rings. The Morgan fingerprint density at radius 2 is 1.77 bits per heavy atom. The molecule has 0 aliphatic rings. The Balaban J connectivity index is 1.36. The third-order valence-electron chi connectivity index (χ3n) is 4.43. The van der Waals surface area contributed by atoms with Crippen molar-refractivity contribution in [1.82, 2.24) is 10.2 Å². The van der Waals surface area contributed by atoms with Gasteiger partial charge < -0.3 is 14.5 Å². The fourth-order valence-corrected chi connectivity index (χ4v) is 3.58. The lowest BCUT2D eigenvalue weighted by Gasteiger charge is -2.05. The smallest absolute Gasteiger partial charge is 0.338 e. The highest BCUT2D eigenvalue weighted by atomic mass is 32.2. The van der Waals surface area contributed by atoms with E-state index in [1.807, 2.05) is 42.5 Å². The van der Waals surface area contributed by atoms with Gasteiger partial charge in [-0.15, -0.1) is 10.2 Å². The Morgan fingerprint density at radius 1 is 1.00 bits per heavy atom. The number of thioether (sulfide) groups is 1. The molecule has 3 aromatic carbocycles. The average Bonchev–Trinajstić information content (AvgIpc) is 3.27. The molecule has 0 atom stereocenters. The molecule has 0 saturated carbocycles. The van der Waals surface area contributed by atoms with E-state index in [2.05, 4.69) is 15.5 Å². The maximum absolute atomic E-state index is 12.2. The second kappa shape index (κ2) is 9.44. The monoisotopic (exact) mass is 433 g/mol. The molecule has 0 unspecified atom stereocenters. The Morgan fingerprint density at radius 3 is 2.58 bits per heavy atom. The van der Waals surface area contributed by atoms with E-state index in [1.165, 1.54) is 0 Å². The van der Waals surface area contributed by atoms with Crippen LogP contribution >= 0.6 is 11.8 Å². The number of rotatable bonds is 7. The van der Waals surface area contributed by atoms with E-state index in [1.54, 1.807) is 31.2 Å². The van der Waals surface area contributed by atoms with Crippen molar-refractivity contribution >= 4 is 40.1 Å². The van der Waals surface area contributed by atoms with Gasteiger partial charge in [-0.2, -0.15) is 0 Å². The molecule has 0 bridgehead atoms. The van der Waals surface area contributed by atoms with E-state index in [0.717, 1.165) is 28.1 Å². The molecule has 0 radical (unpaired) electrons. The lowest BCUT2D eigenvalue weighted by atomic mass is 10.0. The third kappa shape index (κ3) is 4.92. The molecule has 156 valence electrons. The molecule has 1 N–H and O–H groups in total. The Bertz CT molecular complexity index is 1220. The molecule has 0 spiro atoms. The van der Waals surface area contributed by atoms with E-state index in [-0.39, 0.29) is 11.7 Å². The largest absolute Gasteiger partial charge is 0.462 e. The number of carbonyl (C=O) groups is 2. The molecule has 1 amide bonds. The van der Waals surface area contributed by atoms with Crippen molar-refractivity contribution < 1.29 is 18.7 Å². The number of hydrogen-bond acceptors (Lipinski definition) is 7. The summed E-state index contributed by atoms with van der Waals surface area (Å²) < 4.78 is 10.7. The normalized spacial score (nSPS) is 10.7. The lowest BCUT2D eigenvalue weighted by molar-refractivity contribution is -0.113. The van der Waals surface area contributed by atoms with Crippen LogP contribution in [0.1, 0.15) is 17.3 Å². The number of benzene rings is 3. The van der Waals surface area contributed by atoms with Gasteiger partial charge in [-0.3, -0.25) is 4.79 Å². The summed E-state index contributed by atoms with van der Waals surface area (Å²) in [5.74, 6) is -0.0982. The van der Waals surface area contributed by atoms with Crippen molar-refractivity contribution in [3.05, 3.63) is 72.3 Å². The van der Waals surface area contributed by atoms with Gasteiger partial charge in [0.25, 0.3) is 5.22 Å². The molecule has 7 nitrogen and oxygen atoms in total. The van der Waals surface area contributed by atoms with E-state index >= 15 is 0 Å². The van der Waals surface area contributed by atoms with E-state index in [0.29, 0.717) is 29.0 Å². The first-order valence-electron chi connectivity index (χ1n) is 9.65. The highest BCUT2D eigenvalue weighted by Gasteiger charge is 2.14. The van der Waals surface area contributed by atoms with Crippen molar-refractivity contribution in [2.45, 2.75) is 12.1 Å². The van der Waals surface area contributed by atoms with Gasteiger partial charge in [0, 0.05) is 11.3 Å². The number of aromatic nitrogens is 2. The number of carbonyl (C=O) groups excluding carboxylic acids is 2. The second-order valence-corrected chi connectivity index (χ2v) is 7.46. The van der Waals surface area contributed by atoms with Crippen LogP contribution in [-0.4, -0.2) is 34.4 Å². The van der Waals surface area contributed by atoms with Gasteiger partial charge in [0.1, 0.15) is 0 Å². The predicted octanol–water partition coefficient (Wildman–Crippen LogP) is 4.80. The first-order chi connectivity index (χ1) is 15.1. The number of amides is 1. The lowest BCUT2D eigenvalue weighted by Crippen LogP contribution is -2.14. The van der Waals surface area contributed by atoms with Crippen LogP contribution in [0.3, 0.4) is 0 Å². The fourth-order valence-electron chi connectivity index (χ4n) is 3.02. The minimum Gasteiger partial charge on any atom is -0.462 e. The van der Waals surface area contributed by atoms with E-state index in [9.17, 15) is 9.59 Å².